The highest BCUT2D eigenvalue weighted by molar-refractivity contribution is 5.97. The van der Waals surface area contributed by atoms with Gasteiger partial charge in [0.2, 0.25) is 5.91 Å². The Hall–Kier alpha value is -2.23. The minimum absolute atomic E-state index is 0.102. The molecule has 96 valence electrons. The summed E-state index contributed by atoms with van der Waals surface area (Å²) in [6, 6.07) is 5.62. The van der Waals surface area contributed by atoms with Crippen LogP contribution in [0.2, 0.25) is 0 Å². The average Bonchev–Trinajstić information content (AvgIpc) is 2.38. The highest BCUT2D eigenvalue weighted by Gasteiger charge is 2.33. The van der Waals surface area contributed by atoms with Crippen LogP contribution < -0.4 is 5.73 Å². The van der Waals surface area contributed by atoms with Crippen molar-refractivity contribution in [1.82, 2.24) is 9.97 Å². The largest absolute Gasteiger partial charge is 0.366 e. The Kier molecular flexibility index (Phi) is 2.42. The first-order chi connectivity index (χ1) is 9.00. The van der Waals surface area contributed by atoms with E-state index >= 15 is 0 Å². The molecule has 0 saturated heterocycles. The average molecular weight is 253 g/mol. The first-order valence-corrected chi connectivity index (χ1v) is 6.23. The molecule has 1 amide bonds. The van der Waals surface area contributed by atoms with Crippen LogP contribution in [0.1, 0.15) is 35.3 Å². The zero-order valence-corrected chi connectivity index (χ0v) is 11.0. The van der Waals surface area contributed by atoms with E-state index in [1.54, 1.807) is 12.4 Å². The zero-order chi connectivity index (χ0) is 13.6. The number of nitrogens with two attached hydrogens (primary N) is 1. The van der Waals surface area contributed by atoms with Gasteiger partial charge in [-0.1, -0.05) is 26.0 Å². The Morgan fingerprint density at radius 1 is 1.37 bits per heavy atom. The lowest BCUT2D eigenvalue weighted by atomic mass is 9.71. The minimum Gasteiger partial charge on any atom is -0.366 e. The number of rotatable bonds is 1. The van der Waals surface area contributed by atoms with Crippen molar-refractivity contribution in [3.63, 3.8) is 0 Å². The number of hydrogen-bond donors (Lipinski definition) is 1. The number of amides is 1. The number of aromatic nitrogens is 2. The maximum Gasteiger partial charge on any atom is 0.248 e. The van der Waals surface area contributed by atoms with Crippen molar-refractivity contribution in [2.75, 3.05) is 0 Å². The highest BCUT2D eigenvalue weighted by atomic mass is 16.1. The van der Waals surface area contributed by atoms with Gasteiger partial charge in [-0.25, -0.2) is 9.97 Å². The molecular formula is C15H15N3O. The summed E-state index contributed by atoms with van der Waals surface area (Å²) < 4.78 is 0. The molecule has 3 rings (SSSR count). The monoisotopic (exact) mass is 253 g/mol. The molecule has 0 atom stereocenters. The molecule has 0 radical (unpaired) electrons. The van der Waals surface area contributed by atoms with Crippen LogP contribution in [0, 0.1) is 0 Å². The Morgan fingerprint density at radius 2 is 2.16 bits per heavy atom. The Labute approximate surface area is 111 Å². The molecule has 2 N–H and O–H groups in total. The lowest BCUT2D eigenvalue weighted by molar-refractivity contribution is 0.0999. The van der Waals surface area contributed by atoms with Crippen molar-refractivity contribution >= 4 is 5.91 Å². The number of carbonyl (C=O) groups is 1. The molecule has 1 aliphatic carbocycles. The number of carbonyl (C=O) groups excluding carboxylic acids is 1. The van der Waals surface area contributed by atoms with Crippen LogP contribution in [-0.2, 0) is 11.8 Å². The molecule has 19 heavy (non-hydrogen) atoms. The van der Waals surface area contributed by atoms with Crippen molar-refractivity contribution in [1.29, 1.82) is 0 Å². The van der Waals surface area contributed by atoms with E-state index < -0.39 is 0 Å². The summed E-state index contributed by atoms with van der Waals surface area (Å²) in [7, 11) is 0. The van der Waals surface area contributed by atoms with E-state index in [4.69, 9.17) is 5.73 Å². The second-order valence-corrected chi connectivity index (χ2v) is 5.54. The van der Waals surface area contributed by atoms with E-state index in [0.29, 0.717) is 5.56 Å². The molecular weight excluding hydrogens is 238 g/mol. The van der Waals surface area contributed by atoms with Crippen molar-refractivity contribution in [3.8, 4) is 11.3 Å². The summed E-state index contributed by atoms with van der Waals surface area (Å²) in [5, 5.41) is 0. The van der Waals surface area contributed by atoms with Gasteiger partial charge in [0.15, 0.2) is 0 Å². The van der Waals surface area contributed by atoms with E-state index in [2.05, 4.69) is 23.8 Å². The molecule has 0 aliphatic heterocycles. The first-order valence-electron chi connectivity index (χ1n) is 6.23. The number of hydrogen-bond acceptors (Lipinski definition) is 3. The van der Waals surface area contributed by atoms with E-state index in [0.717, 1.165) is 28.8 Å². The van der Waals surface area contributed by atoms with Gasteiger partial charge in [0, 0.05) is 22.9 Å². The van der Waals surface area contributed by atoms with E-state index in [1.807, 2.05) is 18.3 Å². The fraction of sp³-hybridized carbons (Fsp3) is 0.267. The Balaban J connectivity index is 2.34. The standard InChI is InChI=1S/C15H15N3O/c1-15(2)6-11-9(4-3-5-10(11)14(16)19)13-12(15)7-17-8-18-13/h3-5,7-8H,6H2,1-2H3,(H2,16,19). The first kappa shape index (κ1) is 11.8. The molecule has 0 saturated carbocycles. The van der Waals surface area contributed by atoms with Gasteiger partial charge in [0.1, 0.15) is 6.33 Å². The van der Waals surface area contributed by atoms with Gasteiger partial charge in [-0.15, -0.1) is 0 Å². The molecule has 1 aromatic heterocycles. The summed E-state index contributed by atoms with van der Waals surface area (Å²) in [6.07, 6.45) is 4.17. The summed E-state index contributed by atoms with van der Waals surface area (Å²) in [6.45, 7) is 4.27. The van der Waals surface area contributed by atoms with Crippen LogP contribution in [-0.4, -0.2) is 15.9 Å². The molecule has 4 nitrogen and oxygen atoms in total. The lowest BCUT2D eigenvalue weighted by Gasteiger charge is -2.33. The second-order valence-electron chi connectivity index (χ2n) is 5.54. The van der Waals surface area contributed by atoms with Crippen molar-refractivity contribution in [2.45, 2.75) is 25.7 Å². The van der Waals surface area contributed by atoms with Gasteiger partial charge in [-0.05, 0) is 23.5 Å². The third kappa shape index (κ3) is 1.71. The maximum absolute atomic E-state index is 11.6. The van der Waals surface area contributed by atoms with Crippen molar-refractivity contribution < 1.29 is 4.79 Å². The molecule has 1 aromatic carbocycles. The normalized spacial score (nSPS) is 15.5. The van der Waals surface area contributed by atoms with Crippen LogP contribution in [0.5, 0.6) is 0 Å². The van der Waals surface area contributed by atoms with Gasteiger partial charge >= 0.3 is 0 Å². The quantitative estimate of drug-likeness (QED) is 0.846. The topological polar surface area (TPSA) is 68.9 Å². The van der Waals surface area contributed by atoms with Crippen LogP contribution in [0.25, 0.3) is 11.3 Å². The highest BCUT2D eigenvalue weighted by Crippen LogP contribution is 2.42. The molecule has 1 heterocycles. The minimum atomic E-state index is -0.384. The van der Waals surface area contributed by atoms with Gasteiger partial charge in [-0.3, -0.25) is 4.79 Å². The molecule has 0 bridgehead atoms. The van der Waals surface area contributed by atoms with E-state index in [9.17, 15) is 4.79 Å². The number of nitrogens with zero attached hydrogens (tertiary/aromatic N) is 2. The lowest BCUT2D eigenvalue weighted by Crippen LogP contribution is -2.29. The zero-order valence-electron chi connectivity index (χ0n) is 11.0. The summed E-state index contributed by atoms with van der Waals surface area (Å²) in [4.78, 5) is 20.1. The molecule has 0 fully saturated rings. The second kappa shape index (κ2) is 3.88. The molecule has 0 spiro atoms. The van der Waals surface area contributed by atoms with Crippen LogP contribution in [0.3, 0.4) is 0 Å². The van der Waals surface area contributed by atoms with Crippen LogP contribution in [0.4, 0.5) is 0 Å². The van der Waals surface area contributed by atoms with Gasteiger partial charge in [0.05, 0.1) is 5.69 Å². The predicted molar refractivity (Wildman–Crippen MR) is 72.7 cm³/mol. The van der Waals surface area contributed by atoms with E-state index in [1.165, 1.54) is 0 Å². The third-order valence-electron chi connectivity index (χ3n) is 3.76. The summed E-state index contributed by atoms with van der Waals surface area (Å²) >= 11 is 0. The molecule has 4 heteroatoms. The molecule has 0 unspecified atom stereocenters. The van der Waals surface area contributed by atoms with Gasteiger partial charge < -0.3 is 5.73 Å². The fourth-order valence-electron chi connectivity index (χ4n) is 2.81. The molecule has 1 aliphatic rings. The van der Waals surface area contributed by atoms with Crippen molar-refractivity contribution in [2.24, 2.45) is 5.73 Å². The number of fused-ring (bicyclic) bond motifs is 3. The van der Waals surface area contributed by atoms with Gasteiger partial charge in [-0.2, -0.15) is 0 Å². The number of primary amides is 1. The van der Waals surface area contributed by atoms with Crippen LogP contribution in [0.15, 0.2) is 30.7 Å². The third-order valence-corrected chi connectivity index (χ3v) is 3.76. The summed E-state index contributed by atoms with van der Waals surface area (Å²) in [5.41, 5.74) is 9.97. The van der Waals surface area contributed by atoms with Crippen LogP contribution >= 0.6 is 0 Å². The van der Waals surface area contributed by atoms with E-state index in [-0.39, 0.29) is 11.3 Å². The Bertz CT molecular complexity index is 677. The van der Waals surface area contributed by atoms with Crippen molar-refractivity contribution in [3.05, 3.63) is 47.4 Å². The predicted octanol–water partition coefficient (Wildman–Crippen LogP) is 2.08. The SMILES string of the molecule is CC1(C)Cc2c(C(N)=O)cccc2-c2ncncc21. The fourth-order valence-corrected chi connectivity index (χ4v) is 2.81. The Morgan fingerprint density at radius 3 is 2.89 bits per heavy atom. The van der Waals surface area contributed by atoms with Gasteiger partial charge in [0.25, 0.3) is 0 Å². The maximum atomic E-state index is 11.6. The summed E-state index contributed by atoms with van der Waals surface area (Å²) in [5.74, 6) is -0.384. The smallest absolute Gasteiger partial charge is 0.248 e. The number of benzene rings is 1. The molecule has 2 aromatic rings.